The summed E-state index contributed by atoms with van der Waals surface area (Å²) in [5.74, 6) is 0.755. The number of nitrogens with zero attached hydrogens (tertiary/aromatic N) is 1. The first-order valence-corrected chi connectivity index (χ1v) is 6.89. The zero-order valence-corrected chi connectivity index (χ0v) is 12.6. The molecule has 4 nitrogen and oxygen atoms in total. The van der Waals surface area contributed by atoms with Crippen molar-refractivity contribution in [3.05, 3.63) is 52.8 Å². The molecule has 2 rings (SSSR count). The molecular formula is C15H15ClF2N2O2. The highest BCUT2D eigenvalue weighted by Gasteiger charge is 2.11. The highest BCUT2D eigenvalue weighted by Crippen LogP contribution is 2.24. The van der Waals surface area contributed by atoms with Crippen LogP contribution in [0.1, 0.15) is 11.3 Å². The maximum atomic E-state index is 12.4. The van der Waals surface area contributed by atoms with E-state index in [-0.39, 0.29) is 5.75 Å². The molecule has 1 aromatic carbocycles. The minimum Gasteiger partial charge on any atom is -0.495 e. The molecule has 1 aromatic heterocycles. The molecule has 0 amide bonds. The lowest BCUT2D eigenvalue weighted by atomic mass is 10.2. The summed E-state index contributed by atoms with van der Waals surface area (Å²) >= 11 is 5.89. The normalized spacial score (nSPS) is 10.8. The van der Waals surface area contributed by atoms with Gasteiger partial charge in [-0.15, -0.1) is 0 Å². The van der Waals surface area contributed by atoms with E-state index < -0.39 is 6.61 Å². The maximum absolute atomic E-state index is 12.4. The van der Waals surface area contributed by atoms with Gasteiger partial charge in [0.2, 0.25) is 0 Å². The van der Waals surface area contributed by atoms with Crippen LogP contribution in [-0.2, 0) is 13.1 Å². The lowest BCUT2D eigenvalue weighted by molar-refractivity contribution is -0.0505. The van der Waals surface area contributed by atoms with Crippen LogP contribution in [0.25, 0.3) is 0 Å². The number of hydrogen-bond acceptors (Lipinski definition) is 4. The van der Waals surface area contributed by atoms with Gasteiger partial charge in [-0.25, -0.2) is 0 Å². The summed E-state index contributed by atoms with van der Waals surface area (Å²) in [7, 11) is 1.56. The van der Waals surface area contributed by atoms with E-state index in [1.165, 1.54) is 12.1 Å². The highest BCUT2D eigenvalue weighted by atomic mass is 35.5. The van der Waals surface area contributed by atoms with Gasteiger partial charge in [0.1, 0.15) is 11.5 Å². The molecule has 0 bridgehead atoms. The molecule has 7 heteroatoms. The summed E-state index contributed by atoms with van der Waals surface area (Å²) in [5.41, 5.74) is 1.27. The monoisotopic (exact) mass is 328 g/mol. The van der Waals surface area contributed by atoms with E-state index in [9.17, 15) is 8.78 Å². The predicted octanol–water partition coefficient (Wildman–Crippen LogP) is 3.63. The van der Waals surface area contributed by atoms with Gasteiger partial charge >= 0.3 is 6.61 Å². The Morgan fingerprint density at radius 1 is 1.23 bits per heavy atom. The molecule has 0 aliphatic rings. The lowest BCUT2D eigenvalue weighted by Gasteiger charge is -2.12. The van der Waals surface area contributed by atoms with Crippen molar-refractivity contribution >= 4 is 11.6 Å². The molecule has 2 aromatic rings. The number of rotatable bonds is 7. The fourth-order valence-electron chi connectivity index (χ4n) is 1.95. The van der Waals surface area contributed by atoms with Gasteiger partial charge in [0.25, 0.3) is 0 Å². The topological polar surface area (TPSA) is 43.4 Å². The Hall–Kier alpha value is -1.92. The van der Waals surface area contributed by atoms with E-state index in [2.05, 4.69) is 15.0 Å². The van der Waals surface area contributed by atoms with Gasteiger partial charge in [0.05, 0.1) is 12.8 Å². The number of methoxy groups -OCH3 is 1. The van der Waals surface area contributed by atoms with Crippen molar-refractivity contribution in [3.63, 3.8) is 0 Å². The molecule has 1 N–H and O–H groups in total. The van der Waals surface area contributed by atoms with Crippen molar-refractivity contribution in [1.82, 2.24) is 10.3 Å². The first-order chi connectivity index (χ1) is 10.6. The SMILES string of the molecule is COc1cccnc1CNCc1cc(Cl)ccc1OC(F)F. The Balaban J connectivity index is 2.03. The number of alkyl halides is 2. The molecule has 0 saturated heterocycles. The van der Waals surface area contributed by atoms with Crippen LogP contribution < -0.4 is 14.8 Å². The molecule has 0 aliphatic carbocycles. The quantitative estimate of drug-likeness (QED) is 0.843. The molecular weight excluding hydrogens is 314 g/mol. The minimum absolute atomic E-state index is 0.0971. The van der Waals surface area contributed by atoms with Crippen molar-refractivity contribution < 1.29 is 18.3 Å². The summed E-state index contributed by atoms with van der Waals surface area (Å²) in [6, 6.07) is 8.09. The van der Waals surface area contributed by atoms with Crippen molar-refractivity contribution in [3.8, 4) is 11.5 Å². The number of hydrogen-bond donors (Lipinski definition) is 1. The van der Waals surface area contributed by atoms with Gasteiger partial charge in [-0.05, 0) is 30.3 Å². The average molecular weight is 329 g/mol. The molecule has 0 unspecified atom stereocenters. The molecule has 0 spiro atoms. The van der Waals surface area contributed by atoms with Crippen LogP contribution in [0.2, 0.25) is 5.02 Å². The van der Waals surface area contributed by atoms with Crippen LogP contribution >= 0.6 is 11.6 Å². The number of pyridine rings is 1. The Bertz CT molecular complexity index is 626. The van der Waals surface area contributed by atoms with Crippen LogP contribution in [-0.4, -0.2) is 18.7 Å². The molecule has 118 valence electrons. The third-order valence-corrected chi connectivity index (χ3v) is 3.15. The smallest absolute Gasteiger partial charge is 0.387 e. The summed E-state index contributed by atoms with van der Waals surface area (Å²) in [6.07, 6.45) is 1.66. The van der Waals surface area contributed by atoms with Crippen molar-refractivity contribution in [2.75, 3.05) is 7.11 Å². The molecule has 1 heterocycles. The van der Waals surface area contributed by atoms with Crippen molar-refractivity contribution in [2.24, 2.45) is 0 Å². The average Bonchev–Trinajstić information content (AvgIpc) is 2.50. The van der Waals surface area contributed by atoms with Gasteiger partial charge in [0, 0.05) is 29.9 Å². The highest BCUT2D eigenvalue weighted by molar-refractivity contribution is 6.30. The maximum Gasteiger partial charge on any atom is 0.387 e. The molecule has 0 atom stereocenters. The van der Waals surface area contributed by atoms with Gasteiger partial charge in [-0.2, -0.15) is 8.78 Å². The minimum atomic E-state index is -2.88. The van der Waals surface area contributed by atoms with E-state index in [0.29, 0.717) is 29.4 Å². The first-order valence-electron chi connectivity index (χ1n) is 6.52. The predicted molar refractivity (Wildman–Crippen MR) is 79.4 cm³/mol. The third kappa shape index (κ3) is 4.54. The Labute approximate surface area is 132 Å². The van der Waals surface area contributed by atoms with E-state index in [1.807, 2.05) is 0 Å². The Kier molecular flexibility index (Phi) is 5.91. The molecule has 0 radical (unpaired) electrons. The zero-order valence-electron chi connectivity index (χ0n) is 11.9. The van der Waals surface area contributed by atoms with Crippen LogP contribution in [0.3, 0.4) is 0 Å². The van der Waals surface area contributed by atoms with Gasteiger partial charge in [-0.1, -0.05) is 11.6 Å². The second kappa shape index (κ2) is 7.91. The second-order valence-electron chi connectivity index (χ2n) is 4.39. The van der Waals surface area contributed by atoms with Crippen LogP contribution in [0, 0.1) is 0 Å². The fourth-order valence-corrected chi connectivity index (χ4v) is 2.15. The zero-order chi connectivity index (χ0) is 15.9. The van der Waals surface area contributed by atoms with Crippen LogP contribution in [0.4, 0.5) is 8.78 Å². The molecule has 0 saturated carbocycles. The van der Waals surface area contributed by atoms with E-state index >= 15 is 0 Å². The Morgan fingerprint density at radius 2 is 2.05 bits per heavy atom. The van der Waals surface area contributed by atoms with Gasteiger partial charge in [-0.3, -0.25) is 4.98 Å². The molecule has 22 heavy (non-hydrogen) atoms. The van der Waals surface area contributed by atoms with Crippen LogP contribution in [0.15, 0.2) is 36.5 Å². The summed E-state index contributed by atoms with van der Waals surface area (Å²) in [5, 5.41) is 3.56. The van der Waals surface area contributed by atoms with E-state index in [4.69, 9.17) is 16.3 Å². The first kappa shape index (κ1) is 16.5. The lowest BCUT2D eigenvalue weighted by Crippen LogP contribution is -2.16. The molecule has 0 aliphatic heterocycles. The fraction of sp³-hybridized carbons (Fsp3) is 0.267. The van der Waals surface area contributed by atoms with Crippen molar-refractivity contribution in [1.29, 1.82) is 0 Å². The third-order valence-electron chi connectivity index (χ3n) is 2.91. The van der Waals surface area contributed by atoms with Gasteiger partial charge in [0.15, 0.2) is 0 Å². The molecule has 0 fully saturated rings. The standard InChI is InChI=1S/C15H15ClF2N2O2/c1-21-14-3-2-6-20-12(14)9-19-8-10-7-11(16)4-5-13(10)22-15(17)18/h2-7,15,19H,8-9H2,1H3. The summed E-state index contributed by atoms with van der Waals surface area (Å²) in [4.78, 5) is 4.20. The number of nitrogens with one attached hydrogen (secondary N) is 1. The van der Waals surface area contributed by atoms with E-state index in [1.54, 1.807) is 31.5 Å². The van der Waals surface area contributed by atoms with Gasteiger partial charge < -0.3 is 14.8 Å². The number of ether oxygens (including phenoxy) is 2. The summed E-state index contributed by atoms with van der Waals surface area (Å²) in [6.45, 7) is -2.15. The largest absolute Gasteiger partial charge is 0.495 e. The van der Waals surface area contributed by atoms with E-state index in [0.717, 1.165) is 5.69 Å². The van der Waals surface area contributed by atoms with Crippen molar-refractivity contribution in [2.45, 2.75) is 19.7 Å². The Morgan fingerprint density at radius 3 is 2.77 bits per heavy atom. The van der Waals surface area contributed by atoms with Crippen LogP contribution in [0.5, 0.6) is 11.5 Å². The summed E-state index contributed by atoms with van der Waals surface area (Å²) < 4.78 is 34.4. The second-order valence-corrected chi connectivity index (χ2v) is 4.82. The number of benzene rings is 1. The number of halogens is 3. The number of aromatic nitrogens is 1.